The van der Waals surface area contributed by atoms with Crippen LogP contribution in [0.15, 0.2) is 53.0 Å². The van der Waals surface area contributed by atoms with Crippen molar-refractivity contribution in [2.45, 2.75) is 18.4 Å². The number of rotatable bonds is 3. The lowest BCUT2D eigenvalue weighted by Gasteiger charge is -2.31. The van der Waals surface area contributed by atoms with Crippen LogP contribution >= 0.6 is 15.9 Å². The first-order chi connectivity index (χ1) is 9.23. The van der Waals surface area contributed by atoms with Crippen LogP contribution in [0.25, 0.3) is 0 Å². The van der Waals surface area contributed by atoms with Crippen LogP contribution < -0.4 is 5.32 Å². The number of hydrogen-bond donors (Lipinski definition) is 2. The van der Waals surface area contributed by atoms with Crippen molar-refractivity contribution in [3.8, 4) is 0 Å². The third-order valence-corrected chi connectivity index (χ3v) is 4.33. The van der Waals surface area contributed by atoms with E-state index in [1.165, 1.54) is 11.1 Å². The van der Waals surface area contributed by atoms with Gasteiger partial charge in [-0.1, -0.05) is 46.3 Å². The van der Waals surface area contributed by atoms with Crippen molar-refractivity contribution in [1.29, 1.82) is 0 Å². The van der Waals surface area contributed by atoms with Crippen molar-refractivity contribution in [2.75, 3.05) is 11.9 Å². The van der Waals surface area contributed by atoms with Crippen LogP contribution in [0.5, 0.6) is 0 Å². The minimum Gasteiger partial charge on any atom is -0.394 e. The topological polar surface area (TPSA) is 32.3 Å². The van der Waals surface area contributed by atoms with Crippen LogP contribution in [-0.4, -0.2) is 11.7 Å². The van der Waals surface area contributed by atoms with Crippen LogP contribution in [0.4, 0.5) is 5.69 Å². The lowest BCUT2D eigenvalue weighted by molar-refractivity contribution is 0.212. The Morgan fingerprint density at radius 2 is 2.00 bits per heavy atom. The van der Waals surface area contributed by atoms with Gasteiger partial charge in [0, 0.05) is 10.2 Å². The van der Waals surface area contributed by atoms with Gasteiger partial charge >= 0.3 is 0 Å². The normalized spacial score (nSPS) is 21.2. The van der Waals surface area contributed by atoms with E-state index in [9.17, 15) is 5.11 Å². The van der Waals surface area contributed by atoms with Gasteiger partial charge in [-0.05, 0) is 42.2 Å². The number of anilines is 1. The summed E-state index contributed by atoms with van der Waals surface area (Å²) < 4.78 is 1.04. The van der Waals surface area contributed by atoms with Gasteiger partial charge in [-0.2, -0.15) is 0 Å². The highest BCUT2D eigenvalue weighted by atomic mass is 79.9. The molecule has 1 atom stereocenters. The van der Waals surface area contributed by atoms with Gasteiger partial charge in [0.1, 0.15) is 0 Å². The molecule has 0 aromatic heterocycles. The van der Waals surface area contributed by atoms with E-state index in [1.54, 1.807) is 0 Å². The van der Waals surface area contributed by atoms with Gasteiger partial charge in [0.2, 0.25) is 0 Å². The molecule has 0 heterocycles. The summed E-state index contributed by atoms with van der Waals surface area (Å²) in [5, 5.41) is 13.4. The third-order valence-electron chi connectivity index (χ3n) is 3.83. The fourth-order valence-corrected chi connectivity index (χ4v) is 3.26. The number of nitrogens with one attached hydrogen (secondary N) is 1. The molecule has 2 aromatic carbocycles. The van der Waals surface area contributed by atoms with Crippen LogP contribution in [0, 0.1) is 0 Å². The van der Waals surface area contributed by atoms with Gasteiger partial charge in [0.15, 0.2) is 0 Å². The maximum absolute atomic E-state index is 9.92. The third kappa shape index (κ3) is 2.28. The van der Waals surface area contributed by atoms with Crippen molar-refractivity contribution >= 4 is 21.6 Å². The quantitative estimate of drug-likeness (QED) is 0.904. The maximum Gasteiger partial charge on any atom is 0.0862 e. The second-order valence-corrected chi connectivity index (χ2v) is 5.95. The maximum atomic E-state index is 9.92. The lowest BCUT2D eigenvalue weighted by Crippen LogP contribution is -2.36. The Morgan fingerprint density at radius 3 is 2.79 bits per heavy atom. The Hall–Kier alpha value is -1.32. The highest BCUT2D eigenvalue weighted by Gasteiger charge is 2.37. The van der Waals surface area contributed by atoms with Gasteiger partial charge in [-0.25, -0.2) is 0 Å². The highest BCUT2D eigenvalue weighted by molar-refractivity contribution is 9.10. The van der Waals surface area contributed by atoms with E-state index < -0.39 is 0 Å². The summed E-state index contributed by atoms with van der Waals surface area (Å²) in [6, 6.07) is 16.4. The van der Waals surface area contributed by atoms with Crippen molar-refractivity contribution in [3.05, 3.63) is 64.1 Å². The number of benzene rings is 2. The van der Waals surface area contributed by atoms with E-state index in [0.29, 0.717) is 0 Å². The van der Waals surface area contributed by atoms with Crippen molar-refractivity contribution in [1.82, 2.24) is 0 Å². The number of fused-ring (bicyclic) bond motifs is 1. The molecule has 1 unspecified atom stereocenters. The van der Waals surface area contributed by atoms with Crippen LogP contribution in [-0.2, 0) is 12.0 Å². The summed E-state index contributed by atoms with van der Waals surface area (Å²) in [6.07, 6.45) is 1.94. The van der Waals surface area contributed by atoms with Crippen LogP contribution in [0.2, 0.25) is 0 Å². The van der Waals surface area contributed by atoms with E-state index in [0.717, 1.165) is 23.0 Å². The summed E-state index contributed by atoms with van der Waals surface area (Å²) >= 11 is 3.48. The first kappa shape index (κ1) is 12.7. The number of aryl methyl sites for hydroxylation is 1. The standard InChI is InChI=1S/C16H16BrNO/c17-13-5-3-6-14(10-13)18-16(11-19)9-8-12-4-1-2-7-15(12)16/h1-7,10,18-19H,8-9,11H2. The second-order valence-electron chi connectivity index (χ2n) is 5.03. The Morgan fingerprint density at radius 1 is 1.16 bits per heavy atom. The largest absolute Gasteiger partial charge is 0.394 e. The smallest absolute Gasteiger partial charge is 0.0862 e. The first-order valence-corrected chi connectivity index (χ1v) is 7.26. The molecule has 0 saturated carbocycles. The highest BCUT2D eigenvalue weighted by Crippen LogP contribution is 2.39. The molecule has 3 heteroatoms. The number of hydrogen-bond acceptors (Lipinski definition) is 2. The van der Waals surface area contributed by atoms with Gasteiger partial charge in [0.25, 0.3) is 0 Å². The molecule has 2 aromatic rings. The molecule has 0 amide bonds. The van der Waals surface area contributed by atoms with Crippen molar-refractivity contribution in [2.24, 2.45) is 0 Å². The SMILES string of the molecule is OCC1(Nc2cccc(Br)c2)CCc2ccccc21. The summed E-state index contributed by atoms with van der Waals surface area (Å²) in [5.74, 6) is 0. The zero-order valence-corrected chi connectivity index (χ0v) is 12.2. The lowest BCUT2D eigenvalue weighted by atomic mass is 9.92. The second kappa shape index (κ2) is 4.99. The fourth-order valence-electron chi connectivity index (χ4n) is 2.86. The molecule has 0 radical (unpaired) electrons. The molecule has 2 N–H and O–H groups in total. The Kier molecular flexibility index (Phi) is 3.33. The Labute approximate surface area is 121 Å². The monoisotopic (exact) mass is 317 g/mol. The molecule has 0 saturated heterocycles. The predicted molar refractivity (Wildman–Crippen MR) is 81.3 cm³/mol. The Bertz CT molecular complexity index is 599. The molecular weight excluding hydrogens is 302 g/mol. The molecule has 1 aliphatic carbocycles. The van der Waals surface area contributed by atoms with E-state index >= 15 is 0 Å². The van der Waals surface area contributed by atoms with Gasteiger partial charge < -0.3 is 10.4 Å². The van der Waals surface area contributed by atoms with E-state index in [2.05, 4.69) is 39.4 Å². The van der Waals surface area contributed by atoms with Gasteiger partial charge in [-0.3, -0.25) is 0 Å². The molecular formula is C16H16BrNO. The van der Waals surface area contributed by atoms with Crippen LogP contribution in [0.1, 0.15) is 17.5 Å². The first-order valence-electron chi connectivity index (χ1n) is 6.46. The summed E-state index contributed by atoms with van der Waals surface area (Å²) in [6.45, 7) is 0.108. The molecule has 1 aliphatic rings. The minimum atomic E-state index is -0.350. The van der Waals surface area contributed by atoms with E-state index in [-0.39, 0.29) is 12.1 Å². The molecule has 0 aliphatic heterocycles. The zero-order chi connectivity index (χ0) is 13.3. The minimum absolute atomic E-state index is 0.108. The molecule has 3 rings (SSSR count). The molecule has 2 nitrogen and oxygen atoms in total. The number of aliphatic hydroxyl groups excluding tert-OH is 1. The number of halogens is 1. The van der Waals surface area contributed by atoms with Crippen molar-refractivity contribution in [3.63, 3.8) is 0 Å². The average Bonchev–Trinajstić information content (AvgIpc) is 2.79. The number of aliphatic hydroxyl groups is 1. The molecule has 19 heavy (non-hydrogen) atoms. The molecule has 0 spiro atoms. The van der Waals surface area contributed by atoms with Gasteiger partial charge in [-0.15, -0.1) is 0 Å². The molecule has 98 valence electrons. The van der Waals surface area contributed by atoms with E-state index in [4.69, 9.17) is 0 Å². The average molecular weight is 318 g/mol. The predicted octanol–water partition coefficient (Wildman–Crippen LogP) is 3.70. The molecule has 0 bridgehead atoms. The Balaban J connectivity index is 1.98. The fraction of sp³-hybridized carbons (Fsp3) is 0.250. The molecule has 0 fully saturated rings. The van der Waals surface area contributed by atoms with Crippen LogP contribution in [0.3, 0.4) is 0 Å². The van der Waals surface area contributed by atoms with E-state index in [1.807, 2.05) is 30.3 Å². The summed E-state index contributed by atoms with van der Waals surface area (Å²) in [4.78, 5) is 0. The van der Waals surface area contributed by atoms with Gasteiger partial charge in [0.05, 0.1) is 12.1 Å². The summed E-state index contributed by atoms with van der Waals surface area (Å²) in [5.41, 5.74) is 3.23. The zero-order valence-electron chi connectivity index (χ0n) is 10.6. The summed E-state index contributed by atoms with van der Waals surface area (Å²) in [7, 11) is 0. The van der Waals surface area contributed by atoms with Crippen molar-refractivity contribution < 1.29 is 5.11 Å².